The molecule has 0 spiro atoms. The summed E-state index contributed by atoms with van der Waals surface area (Å²) in [5, 5.41) is 18.5. The lowest BCUT2D eigenvalue weighted by Gasteiger charge is -2.48. The topological polar surface area (TPSA) is 125 Å². The van der Waals surface area contributed by atoms with Gasteiger partial charge >= 0.3 is 24.4 Å². The molecule has 1 unspecified atom stereocenters. The van der Waals surface area contributed by atoms with E-state index in [1.807, 2.05) is 37.3 Å². The monoisotopic (exact) mass is 752 g/mol. The maximum absolute atomic E-state index is 14.0. The van der Waals surface area contributed by atoms with Gasteiger partial charge < -0.3 is 29.5 Å². The SMILES string of the molecule is CC[C@@H]1CC(N(Cc2cc(C(F)(F)F)cc(C(F)(F)F)c2)c2ncc(OCCO)cn2)C[C@H](Cc2ccccc2)N1C(=O)OC1CCC(C(=O)O)CC1. The van der Waals surface area contributed by atoms with Gasteiger partial charge in [-0.15, -0.1) is 0 Å². The van der Waals surface area contributed by atoms with Gasteiger partial charge in [-0.2, -0.15) is 26.3 Å². The number of carboxylic acid groups (broad SMARTS) is 1. The number of carbonyl (C=O) groups excluding carboxylic acids is 1. The number of rotatable bonds is 12. The Balaban J connectivity index is 1.51. The molecule has 2 aliphatic rings. The second-order valence-corrected chi connectivity index (χ2v) is 13.5. The Morgan fingerprint density at radius 3 is 2.04 bits per heavy atom. The van der Waals surface area contributed by atoms with E-state index in [0.717, 1.165) is 5.56 Å². The van der Waals surface area contributed by atoms with Crippen molar-refractivity contribution in [3.63, 3.8) is 0 Å². The smallest absolute Gasteiger partial charge is 0.416 e. The highest BCUT2D eigenvalue weighted by atomic mass is 19.4. The van der Waals surface area contributed by atoms with Gasteiger partial charge in [0.15, 0.2) is 5.75 Å². The second kappa shape index (κ2) is 17.0. The summed E-state index contributed by atoms with van der Waals surface area (Å²) in [6.07, 6.45) is -5.61. The van der Waals surface area contributed by atoms with E-state index >= 15 is 0 Å². The van der Waals surface area contributed by atoms with Crippen LogP contribution < -0.4 is 9.64 Å². The predicted molar refractivity (Wildman–Crippen MR) is 180 cm³/mol. The number of anilines is 1. The molecule has 2 N–H and O–H groups in total. The van der Waals surface area contributed by atoms with E-state index in [4.69, 9.17) is 14.6 Å². The summed E-state index contributed by atoms with van der Waals surface area (Å²) in [5.74, 6) is -1.16. The molecule has 0 radical (unpaired) electrons. The van der Waals surface area contributed by atoms with Crippen molar-refractivity contribution in [2.45, 2.75) is 101 Å². The maximum atomic E-state index is 14.0. The van der Waals surface area contributed by atoms with E-state index in [-0.39, 0.29) is 49.4 Å². The molecule has 2 aromatic carbocycles. The van der Waals surface area contributed by atoms with Crippen LogP contribution in [0.3, 0.4) is 0 Å². The number of nitrogens with zero attached hydrogens (tertiary/aromatic N) is 4. The fraction of sp³-hybridized carbons (Fsp3) is 0.514. The Kier molecular flexibility index (Phi) is 12.7. The molecule has 1 saturated heterocycles. The van der Waals surface area contributed by atoms with Crippen molar-refractivity contribution < 1.29 is 55.6 Å². The van der Waals surface area contributed by atoms with Crippen LogP contribution in [0.5, 0.6) is 5.75 Å². The average Bonchev–Trinajstić information content (AvgIpc) is 3.12. The van der Waals surface area contributed by atoms with Gasteiger partial charge in [0.2, 0.25) is 5.95 Å². The number of aliphatic hydroxyl groups is 1. The number of ether oxygens (including phenoxy) is 2. The van der Waals surface area contributed by atoms with E-state index < -0.39 is 72.2 Å². The second-order valence-electron chi connectivity index (χ2n) is 13.5. The number of aromatic nitrogens is 2. The number of likely N-dealkylation sites (tertiary alicyclic amines) is 1. The number of benzene rings is 2. The molecule has 16 heteroatoms. The number of alkyl halides is 6. The van der Waals surface area contributed by atoms with E-state index in [0.29, 0.717) is 50.7 Å². The molecule has 1 saturated carbocycles. The molecule has 5 rings (SSSR count). The normalized spacial score (nSPS) is 22.3. The van der Waals surface area contributed by atoms with Gasteiger partial charge in [-0.25, -0.2) is 14.8 Å². The largest absolute Gasteiger partial charge is 0.488 e. The van der Waals surface area contributed by atoms with Gasteiger partial charge in [0.1, 0.15) is 12.7 Å². The Bertz CT molecular complexity index is 1640. The number of carbonyl (C=O) groups is 2. The zero-order chi connectivity index (χ0) is 38.3. The number of amides is 1. The zero-order valence-electron chi connectivity index (χ0n) is 29.0. The van der Waals surface area contributed by atoms with Crippen molar-refractivity contribution in [2.75, 3.05) is 18.1 Å². The van der Waals surface area contributed by atoms with E-state index in [1.54, 1.807) is 9.80 Å². The van der Waals surface area contributed by atoms with Crippen molar-refractivity contribution in [3.05, 3.63) is 83.2 Å². The maximum Gasteiger partial charge on any atom is 0.416 e. The Hall–Kier alpha value is -4.60. The van der Waals surface area contributed by atoms with Crippen LogP contribution in [0.25, 0.3) is 0 Å². The highest BCUT2D eigenvalue weighted by Gasteiger charge is 2.43. The molecule has 2 fully saturated rings. The van der Waals surface area contributed by atoms with Gasteiger partial charge in [-0.1, -0.05) is 37.3 Å². The zero-order valence-corrected chi connectivity index (χ0v) is 29.0. The third-order valence-electron chi connectivity index (χ3n) is 9.83. The third-order valence-corrected chi connectivity index (χ3v) is 9.83. The number of aliphatic hydroxyl groups excluding tert-OH is 1. The fourth-order valence-corrected chi connectivity index (χ4v) is 7.23. The summed E-state index contributed by atoms with van der Waals surface area (Å²) >= 11 is 0. The lowest BCUT2D eigenvalue weighted by molar-refractivity contribution is -0.144. The first-order chi connectivity index (χ1) is 25.2. The van der Waals surface area contributed by atoms with Crippen LogP contribution >= 0.6 is 0 Å². The number of hydrogen-bond donors (Lipinski definition) is 2. The predicted octanol–water partition coefficient (Wildman–Crippen LogP) is 7.53. The molecule has 2 heterocycles. The van der Waals surface area contributed by atoms with Gasteiger partial charge in [0.05, 0.1) is 36.0 Å². The summed E-state index contributed by atoms with van der Waals surface area (Å²) < 4.78 is 94.6. The minimum Gasteiger partial charge on any atom is -0.488 e. The summed E-state index contributed by atoms with van der Waals surface area (Å²) in [4.78, 5) is 37.4. The summed E-state index contributed by atoms with van der Waals surface area (Å²) in [5.41, 5.74) is -2.25. The molecule has 1 amide bonds. The lowest BCUT2D eigenvalue weighted by atomic mass is 9.86. The van der Waals surface area contributed by atoms with E-state index in [1.165, 1.54) is 12.4 Å². The van der Waals surface area contributed by atoms with Crippen LogP contribution in [0.4, 0.5) is 37.1 Å². The lowest BCUT2D eigenvalue weighted by Crippen LogP contribution is -2.58. The van der Waals surface area contributed by atoms with Crippen molar-refractivity contribution in [1.82, 2.24) is 14.9 Å². The Labute approximate surface area is 302 Å². The summed E-state index contributed by atoms with van der Waals surface area (Å²) in [7, 11) is 0. The molecule has 10 nitrogen and oxygen atoms in total. The molecule has 0 bridgehead atoms. The molecular formula is C37H42F6N4O6. The van der Waals surface area contributed by atoms with E-state index in [9.17, 15) is 41.0 Å². The quantitative estimate of drug-likeness (QED) is 0.181. The Morgan fingerprint density at radius 2 is 1.49 bits per heavy atom. The van der Waals surface area contributed by atoms with Gasteiger partial charge in [-0.05, 0) is 80.7 Å². The molecule has 3 aromatic rings. The van der Waals surface area contributed by atoms with Gasteiger partial charge in [0, 0.05) is 24.7 Å². The number of piperidine rings is 1. The van der Waals surface area contributed by atoms with Crippen LogP contribution in [-0.4, -0.2) is 74.6 Å². The summed E-state index contributed by atoms with van der Waals surface area (Å²) in [6, 6.07) is 9.28. The van der Waals surface area contributed by atoms with Crippen molar-refractivity contribution in [3.8, 4) is 5.75 Å². The standard InChI is InChI=1S/C37H42F6N4O6/c1-2-28-18-29(19-30(16-23-6-4-3-5-7-23)47(28)35(51)53-31-10-8-25(9-11-31)33(49)50)46(34-44-20-32(21-45-34)52-13-12-48)22-24-14-26(36(38,39)40)17-27(15-24)37(41,42)43/h3-7,14-15,17,20-21,25,28-31,48H,2,8-13,16,18-19,22H2,1H3,(H,49,50)/t25?,28-,29?,30+,31?/m1/s1. The minimum absolute atomic E-state index is 0.0249. The first-order valence-electron chi connectivity index (χ1n) is 17.5. The third kappa shape index (κ3) is 10.3. The van der Waals surface area contributed by atoms with Crippen LogP contribution in [0, 0.1) is 5.92 Å². The van der Waals surface area contributed by atoms with Crippen LogP contribution in [0.1, 0.15) is 74.1 Å². The number of halogens is 6. The van der Waals surface area contributed by atoms with Gasteiger partial charge in [0.25, 0.3) is 0 Å². The van der Waals surface area contributed by atoms with Crippen molar-refractivity contribution >= 4 is 18.0 Å². The van der Waals surface area contributed by atoms with Gasteiger partial charge in [-0.3, -0.25) is 4.79 Å². The van der Waals surface area contributed by atoms with Crippen LogP contribution in [0.2, 0.25) is 0 Å². The van der Waals surface area contributed by atoms with Crippen LogP contribution in [0.15, 0.2) is 60.9 Å². The van der Waals surface area contributed by atoms with Crippen LogP contribution in [-0.2, 0) is 34.8 Å². The highest BCUT2D eigenvalue weighted by Crippen LogP contribution is 2.39. The molecule has 3 atom stereocenters. The number of hydrogen-bond acceptors (Lipinski definition) is 8. The van der Waals surface area contributed by atoms with Crippen molar-refractivity contribution in [1.29, 1.82) is 0 Å². The average molecular weight is 753 g/mol. The molecule has 1 aliphatic heterocycles. The van der Waals surface area contributed by atoms with Crippen molar-refractivity contribution in [2.24, 2.45) is 5.92 Å². The first-order valence-corrected chi connectivity index (χ1v) is 17.5. The molecule has 1 aromatic heterocycles. The summed E-state index contributed by atoms with van der Waals surface area (Å²) in [6.45, 7) is 1.13. The number of aliphatic carboxylic acids is 1. The molecular weight excluding hydrogens is 710 g/mol. The minimum atomic E-state index is -5.05. The highest BCUT2D eigenvalue weighted by molar-refractivity contribution is 5.70. The molecule has 288 valence electrons. The fourth-order valence-electron chi connectivity index (χ4n) is 7.23. The number of carboxylic acids is 1. The molecule has 1 aliphatic carbocycles. The Morgan fingerprint density at radius 1 is 0.887 bits per heavy atom. The molecule has 53 heavy (non-hydrogen) atoms. The first kappa shape index (κ1) is 39.6. The van der Waals surface area contributed by atoms with E-state index in [2.05, 4.69) is 9.97 Å².